The fourth-order valence-electron chi connectivity index (χ4n) is 4.43. The lowest BCUT2D eigenvalue weighted by Crippen LogP contribution is -2.27. The molecule has 0 spiro atoms. The smallest absolute Gasteiger partial charge is 0.306 e. The van der Waals surface area contributed by atoms with Crippen LogP contribution in [-0.4, -0.2) is 24.8 Å². The zero-order valence-corrected chi connectivity index (χ0v) is 17.9. The number of carbonyl (C=O) groups is 1. The van der Waals surface area contributed by atoms with E-state index >= 15 is 0 Å². The molecule has 1 aliphatic heterocycles. The molecule has 0 N–H and O–H groups in total. The van der Waals surface area contributed by atoms with E-state index in [1.807, 2.05) is 6.92 Å². The predicted octanol–water partition coefficient (Wildman–Crippen LogP) is 5.99. The van der Waals surface area contributed by atoms with Gasteiger partial charge >= 0.3 is 5.97 Å². The third-order valence-electron chi connectivity index (χ3n) is 6.07. The lowest BCUT2D eigenvalue weighted by molar-refractivity contribution is -0.151. The van der Waals surface area contributed by atoms with Gasteiger partial charge in [0, 0.05) is 12.5 Å². The molecule has 1 aromatic rings. The van der Waals surface area contributed by atoms with Gasteiger partial charge in [-0.15, -0.1) is 0 Å². The van der Waals surface area contributed by atoms with Gasteiger partial charge < -0.3 is 14.2 Å². The number of fused-ring (bicyclic) bond motifs is 1. The molecular formula is C24H35FO4. The summed E-state index contributed by atoms with van der Waals surface area (Å²) >= 11 is 0. The van der Waals surface area contributed by atoms with Crippen LogP contribution in [0.15, 0.2) is 12.1 Å². The second-order valence-corrected chi connectivity index (χ2v) is 8.48. The van der Waals surface area contributed by atoms with E-state index in [-0.39, 0.29) is 18.2 Å². The molecule has 0 saturated heterocycles. The van der Waals surface area contributed by atoms with Crippen molar-refractivity contribution in [1.29, 1.82) is 0 Å². The first-order valence-electron chi connectivity index (χ1n) is 11.4. The van der Waals surface area contributed by atoms with Crippen LogP contribution >= 0.6 is 0 Å². The summed E-state index contributed by atoms with van der Waals surface area (Å²) in [5, 5.41) is 0. The third-order valence-corrected chi connectivity index (χ3v) is 6.07. The lowest BCUT2D eigenvalue weighted by atomic mass is 9.85. The largest absolute Gasteiger partial charge is 0.491 e. The third kappa shape index (κ3) is 6.35. The van der Waals surface area contributed by atoms with Gasteiger partial charge in [0.25, 0.3) is 0 Å². The van der Waals surface area contributed by atoms with Gasteiger partial charge in [-0.2, -0.15) is 0 Å². The molecule has 0 radical (unpaired) electrons. The van der Waals surface area contributed by atoms with Gasteiger partial charge in [0.05, 0.1) is 12.7 Å². The quantitative estimate of drug-likeness (QED) is 0.473. The average Bonchev–Trinajstić information content (AvgIpc) is 2.72. The maximum atomic E-state index is 14.2. The van der Waals surface area contributed by atoms with Gasteiger partial charge in [-0.05, 0) is 68.9 Å². The molecule has 5 heteroatoms. The molecule has 1 atom stereocenters. The summed E-state index contributed by atoms with van der Waals surface area (Å²) in [5.74, 6) is 1.15. The summed E-state index contributed by atoms with van der Waals surface area (Å²) < 4.78 is 31.3. The highest BCUT2D eigenvalue weighted by Crippen LogP contribution is 2.34. The lowest BCUT2D eigenvalue weighted by Gasteiger charge is -2.29. The topological polar surface area (TPSA) is 44.8 Å². The molecule has 3 rings (SSSR count). The second-order valence-electron chi connectivity index (χ2n) is 8.48. The molecule has 2 aliphatic rings. The molecule has 1 aliphatic carbocycles. The fourth-order valence-corrected chi connectivity index (χ4v) is 4.43. The summed E-state index contributed by atoms with van der Waals surface area (Å²) in [6, 6.07) is 3.17. The monoisotopic (exact) mass is 406 g/mol. The number of aryl methyl sites for hydroxylation is 1. The number of rotatable bonds is 9. The summed E-state index contributed by atoms with van der Waals surface area (Å²) in [4.78, 5) is 12.3. The zero-order valence-electron chi connectivity index (χ0n) is 17.9. The van der Waals surface area contributed by atoms with Crippen LogP contribution in [0.3, 0.4) is 0 Å². The van der Waals surface area contributed by atoms with Crippen molar-refractivity contribution >= 4 is 5.97 Å². The summed E-state index contributed by atoms with van der Waals surface area (Å²) in [5.41, 5.74) is 0.972. The van der Waals surface area contributed by atoms with Gasteiger partial charge in [0.1, 0.15) is 11.9 Å². The minimum absolute atomic E-state index is 0.0721. The van der Waals surface area contributed by atoms with E-state index in [9.17, 15) is 9.18 Å². The number of ether oxygens (including phenoxy) is 3. The van der Waals surface area contributed by atoms with Gasteiger partial charge in [-0.1, -0.05) is 26.7 Å². The van der Waals surface area contributed by atoms with E-state index in [0.717, 1.165) is 43.6 Å². The number of benzene rings is 1. The first-order chi connectivity index (χ1) is 14.1. The standard InChI is InChI=1S/C24H35FO4/c1-3-5-17-6-9-20(10-7-17)29-24(26)13-12-19-11-8-18-15-23(27-14-4-2)21(25)16-22(18)28-19/h15-17,19-20H,3-14H2,1-2H3. The normalized spacial score (nSPS) is 23.8. The molecule has 0 aromatic heterocycles. The van der Waals surface area contributed by atoms with E-state index < -0.39 is 5.82 Å². The van der Waals surface area contributed by atoms with Gasteiger partial charge in [0.2, 0.25) is 0 Å². The first kappa shape index (κ1) is 21.9. The molecule has 1 unspecified atom stereocenters. The second kappa shape index (κ2) is 10.8. The van der Waals surface area contributed by atoms with E-state index in [1.54, 1.807) is 6.07 Å². The van der Waals surface area contributed by atoms with Crippen LogP contribution in [0.4, 0.5) is 4.39 Å². The fraction of sp³-hybridized carbons (Fsp3) is 0.708. The zero-order chi connectivity index (χ0) is 20.6. The molecule has 1 heterocycles. The van der Waals surface area contributed by atoms with Crippen molar-refractivity contribution in [2.24, 2.45) is 5.92 Å². The Hall–Kier alpha value is -1.78. The van der Waals surface area contributed by atoms with Crippen molar-refractivity contribution in [2.75, 3.05) is 6.61 Å². The SMILES string of the molecule is CCCOc1cc2c(cc1F)OC(CCC(=O)OC1CCC(CCC)CC1)CC2. The van der Waals surface area contributed by atoms with Crippen molar-refractivity contribution in [3.8, 4) is 11.5 Å². The molecule has 1 fully saturated rings. The Morgan fingerprint density at radius 2 is 1.90 bits per heavy atom. The highest BCUT2D eigenvalue weighted by molar-refractivity contribution is 5.69. The number of halogens is 1. The van der Waals surface area contributed by atoms with Crippen LogP contribution in [0.5, 0.6) is 11.5 Å². The van der Waals surface area contributed by atoms with Crippen LogP contribution in [0.25, 0.3) is 0 Å². The van der Waals surface area contributed by atoms with Crippen molar-refractivity contribution < 1.29 is 23.4 Å². The summed E-state index contributed by atoms with van der Waals surface area (Å²) in [7, 11) is 0. The average molecular weight is 407 g/mol. The van der Waals surface area contributed by atoms with E-state index in [4.69, 9.17) is 14.2 Å². The Morgan fingerprint density at radius 1 is 1.10 bits per heavy atom. The summed E-state index contributed by atoms with van der Waals surface area (Å²) in [6.07, 6.45) is 10.3. The number of hydrogen-bond acceptors (Lipinski definition) is 4. The molecule has 1 saturated carbocycles. The number of esters is 1. The molecule has 0 amide bonds. The predicted molar refractivity (Wildman–Crippen MR) is 111 cm³/mol. The van der Waals surface area contributed by atoms with Gasteiger partial charge in [-0.25, -0.2) is 4.39 Å². The van der Waals surface area contributed by atoms with Crippen molar-refractivity contribution in [3.63, 3.8) is 0 Å². The Balaban J connectivity index is 1.42. The van der Waals surface area contributed by atoms with Gasteiger partial charge in [0.15, 0.2) is 11.6 Å². The van der Waals surface area contributed by atoms with E-state index in [2.05, 4.69) is 6.92 Å². The van der Waals surface area contributed by atoms with Crippen LogP contribution < -0.4 is 9.47 Å². The molecule has 162 valence electrons. The Kier molecular flexibility index (Phi) is 8.19. The van der Waals surface area contributed by atoms with Crippen molar-refractivity contribution in [3.05, 3.63) is 23.5 Å². The highest BCUT2D eigenvalue weighted by atomic mass is 19.1. The molecule has 29 heavy (non-hydrogen) atoms. The summed E-state index contributed by atoms with van der Waals surface area (Å²) in [6.45, 7) is 4.72. The van der Waals surface area contributed by atoms with Crippen LogP contribution in [-0.2, 0) is 16.0 Å². The molecule has 1 aromatic carbocycles. The van der Waals surface area contributed by atoms with Gasteiger partial charge in [-0.3, -0.25) is 4.79 Å². The maximum Gasteiger partial charge on any atom is 0.306 e. The Bertz CT molecular complexity index is 667. The minimum Gasteiger partial charge on any atom is -0.491 e. The molecule has 4 nitrogen and oxygen atoms in total. The highest BCUT2D eigenvalue weighted by Gasteiger charge is 2.26. The van der Waals surface area contributed by atoms with Crippen molar-refractivity contribution in [2.45, 2.75) is 96.7 Å². The Labute approximate surface area is 174 Å². The van der Waals surface area contributed by atoms with Crippen LogP contribution in [0, 0.1) is 11.7 Å². The maximum absolute atomic E-state index is 14.2. The molecule has 0 bridgehead atoms. The van der Waals surface area contributed by atoms with E-state index in [0.29, 0.717) is 30.9 Å². The van der Waals surface area contributed by atoms with E-state index in [1.165, 1.54) is 31.7 Å². The number of carbonyl (C=O) groups excluding carboxylic acids is 1. The van der Waals surface area contributed by atoms with Crippen LogP contribution in [0.1, 0.15) is 83.6 Å². The van der Waals surface area contributed by atoms with Crippen LogP contribution in [0.2, 0.25) is 0 Å². The minimum atomic E-state index is -0.393. The Morgan fingerprint density at radius 3 is 2.62 bits per heavy atom. The molecular weight excluding hydrogens is 371 g/mol. The van der Waals surface area contributed by atoms with Crippen molar-refractivity contribution in [1.82, 2.24) is 0 Å². The first-order valence-corrected chi connectivity index (χ1v) is 11.4. The number of hydrogen-bond donors (Lipinski definition) is 0.